The monoisotopic (exact) mass is 445 g/mol. The summed E-state index contributed by atoms with van der Waals surface area (Å²) in [6.07, 6.45) is 0. The summed E-state index contributed by atoms with van der Waals surface area (Å²) in [6, 6.07) is 23.9. The number of nitrogens with one attached hydrogen (secondary N) is 1. The largest absolute Gasteiger partial charge is 0.497 e. The van der Waals surface area contributed by atoms with Crippen LogP contribution in [-0.2, 0) is 22.7 Å². The van der Waals surface area contributed by atoms with Crippen molar-refractivity contribution in [3.63, 3.8) is 0 Å². The average Bonchev–Trinajstić information content (AvgIpc) is 3.24. The number of para-hydroxylation sites is 2. The van der Waals surface area contributed by atoms with Gasteiger partial charge < -0.3 is 23.9 Å². The molecule has 168 valence electrons. The lowest BCUT2D eigenvalue weighted by Gasteiger charge is -2.08. The second-order valence-corrected chi connectivity index (χ2v) is 7.21. The molecule has 1 heterocycles. The first-order valence-electron chi connectivity index (χ1n) is 10.4. The van der Waals surface area contributed by atoms with E-state index in [1.54, 1.807) is 13.2 Å². The summed E-state index contributed by atoms with van der Waals surface area (Å²) in [5.41, 5.74) is 2.01. The molecule has 7 heteroatoms. The van der Waals surface area contributed by atoms with Crippen LogP contribution in [0.1, 0.15) is 21.7 Å². The number of fused-ring (bicyclic) bond motifs is 1. The van der Waals surface area contributed by atoms with Crippen LogP contribution in [0.3, 0.4) is 0 Å². The van der Waals surface area contributed by atoms with Gasteiger partial charge in [-0.1, -0.05) is 48.5 Å². The van der Waals surface area contributed by atoms with E-state index in [-0.39, 0.29) is 12.4 Å². The van der Waals surface area contributed by atoms with Gasteiger partial charge in [-0.15, -0.1) is 0 Å². The average molecular weight is 445 g/mol. The van der Waals surface area contributed by atoms with Crippen LogP contribution in [-0.4, -0.2) is 25.6 Å². The molecule has 4 rings (SSSR count). The molecule has 0 aliphatic heterocycles. The lowest BCUT2D eigenvalue weighted by molar-refractivity contribution is -0.124. The van der Waals surface area contributed by atoms with Crippen molar-refractivity contribution in [3.05, 3.63) is 95.7 Å². The molecule has 0 aliphatic carbocycles. The van der Waals surface area contributed by atoms with Crippen LogP contribution in [0.5, 0.6) is 11.5 Å². The molecule has 4 aromatic rings. The SMILES string of the molecule is COc1ccc(CNC(=O)COC(=O)c2oc3ccccc3c2COc2ccccc2)cc1. The van der Waals surface area contributed by atoms with E-state index in [0.29, 0.717) is 23.4 Å². The second-order valence-electron chi connectivity index (χ2n) is 7.21. The van der Waals surface area contributed by atoms with E-state index in [1.807, 2.05) is 72.8 Å². The zero-order chi connectivity index (χ0) is 23.0. The van der Waals surface area contributed by atoms with Gasteiger partial charge in [0.05, 0.1) is 12.7 Å². The standard InChI is InChI=1S/C26H23NO6/c1-30-19-13-11-18(12-14-19)15-27-24(28)17-32-26(29)25-22(16-31-20-7-3-2-4-8-20)21-9-5-6-10-23(21)33-25/h2-14H,15-17H2,1H3,(H,27,28). The molecule has 0 bridgehead atoms. The van der Waals surface area contributed by atoms with Crippen LogP contribution in [0.2, 0.25) is 0 Å². The van der Waals surface area contributed by atoms with Crippen LogP contribution in [0.15, 0.2) is 83.3 Å². The van der Waals surface area contributed by atoms with Gasteiger partial charge in [0.2, 0.25) is 5.76 Å². The highest BCUT2D eigenvalue weighted by molar-refractivity contribution is 5.96. The zero-order valence-electron chi connectivity index (χ0n) is 18.1. The fraction of sp³-hybridized carbons (Fsp3) is 0.154. The van der Waals surface area contributed by atoms with Crippen LogP contribution in [0, 0.1) is 0 Å². The van der Waals surface area contributed by atoms with Crippen LogP contribution in [0.4, 0.5) is 0 Å². The molecule has 0 fully saturated rings. The van der Waals surface area contributed by atoms with Gasteiger partial charge in [0.1, 0.15) is 23.7 Å². The number of hydrogen-bond acceptors (Lipinski definition) is 6. The summed E-state index contributed by atoms with van der Waals surface area (Å²) in [5, 5.41) is 3.47. The van der Waals surface area contributed by atoms with E-state index >= 15 is 0 Å². The maximum atomic E-state index is 12.7. The molecule has 0 radical (unpaired) electrons. The Bertz CT molecular complexity index is 1230. The van der Waals surface area contributed by atoms with Crippen molar-refractivity contribution in [3.8, 4) is 11.5 Å². The third-order valence-corrected chi connectivity index (χ3v) is 4.99. The predicted molar refractivity (Wildman–Crippen MR) is 122 cm³/mol. The fourth-order valence-electron chi connectivity index (χ4n) is 3.27. The molecule has 1 amide bonds. The zero-order valence-corrected chi connectivity index (χ0v) is 18.1. The highest BCUT2D eigenvalue weighted by atomic mass is 16.5. The molecular formula is C26H23NO6. The van der Waals surface area contributed by atoms with Gasteiger partial charge in [-0.25, -0.2) is 4.79 Å². The molecule has 1 aromatic heterocycles. The van der Waals surface area contributed by atoms with Crippen LogP contribution in [0.25, 0.3) is 11.0 Å². The van der Waals surface area contributed by atoms with Gasteiger partial charge in [0, 0.05) is 11.9 Å². The molecule has 0 aliphatic rings. The highest BCUT2D eigenvalue weighted by Gasteiger charge is 2.23. The summed E-state index contributed by atoms with van der Waals surface area (Å²) in [6.45, 7) is 0.00131. The Labute approximate surface area is 190 Å². The minimum Gasteiger partial charge on any atom is -0.497 e. The Balaban J connectivity index is 1.39. The number of furan rings is 1. The Kier molecular flexibility index (Phi) is 6.90. The van der Waals surface area contributed by atoms with Gasteiger partial charge in [-0.3, -0.25) is 4.79 Å². The molecule has 0 unspecified atom stereocenters. The van der Waals surface area contributed by atoms with E-state index < -0.39 is 18.5 Å². The summed E-state index contributed by atoms with van der Waals surface area (Å²) in [7, 11) is 1.59. The summed E-state index contributed by atoms with van der Waals surface area (Å²) in [4.78, 5) is 24.9. The lowest BCUT2D eigenvalue weighted by Crippen LogP contribution is -2.28. The molecule has 3 aromatic carbocycles. The first-order valence-corrected chi connectivity index (χ1v) is 10.4. The topological polar surface area (TPSA) is 87.0 Å². The summed E-state index contributed by atoms with van der Waals surface area (Å²) >= 11 is 0. The van der Waals surface area contributed by atoms with Crippen molar-refractivity contribution in [2.24, 2.45) is 0 Å². The Hall–Kier alpha value is -4.26. The predicted octanol–water partition coefficient (Wildman–Crippen LogP) is 4.49. The van der Waals surface area contributed by atoms with E-state index in [9.17, 15) is 9.59 Å². The minimum absolute atomic E-state index is 0.0232. The number of carbonyl (C=O) groups is 2. The first-order chi connectivity index (χ1) is 16.1. The van der Waals surface area contributed by atoms with Gasteiger partial charge in [0.25, 0.3) is 5.91 Å². The van der Waals surface area contributed by atoms with Gasteiger partial charge in [0.15, 0.2) is 6.61 Å². The number of amides is 1. The number of rotatable bonds is 9. The normalized spacial score (nSPS) is 10.6. The summed E-state index contributed by atoms with van der Waals surface area (Å²) in [5.74, 6) is 0.279. The molecule has 0 saturated carbocycles. The molecule has 7 nitrogen and oxygen atoms in total. The number of esters is 1. The van der Waals surface area contributed by atoms with Crippen molar-refractivity contribution < 1.29 is 28.2 Å². The molecular weight excluding hydrogens is 422 g/mol. The summed E-state index contributed by atoms with van der Waals surface area (Å²) < 4.78 is 21.9. The van der Waals surface area contributed by atoms with Crippen molar-refractivity contribution in [2.45, 2.75) is 13.2 Å². The maximum Gasteiger partial charge on any atom is 0.375 e. The number of benzene rings is 3. The number of methoxy groups -OCH3 is 1. The van der Waals surface area contributed by atoms with Crippen LogP contribution >= 0.6 is 0 Å². The highest BCUT2D eigenvalue weighted by Crippen LogP contribution is 2.28. The van der Waals surface area contributed by atoms with E-state index in [0.717, 1.165) is 16.7 Å². The van der Waals surface area contributed by atoms with Gasteiger partial charge >= 0.3 is 5.97 Å². The molecule has 0 atom stereocenters. The van der Waals surface area contributed by atoms with Gasteiger partial charge in [-0.05, 0) is 35.9 Å². The van der Waals surface area contributed by atoms with E-state index in [2.05, 4.69) is 5.32 Å². The second kappa shape index (κ2) is 10.4. The lowest BCUT2D eigenvalue weighted by atomic mass is 10.1. The van der Waals surface area contributed by atoms with Crippen molar-refractivity contribution in [1.82, 2.24) is 5.32 Å². The number of hydrogen-bond donors (Lipinski definition) is 1. The van der Waals surface area contributed by atoms with E-state index in [1.165, 1.54) is 0 Å². The Morgan fingerprint density at radius 3 is 2.36 bits per heavy atom. The third-order valence-electron chi connectivity index (χ3n) is 4.99. The van der Waals surface area contributed by atoms with E-state index in [4.69, 9.17) is 18.6 Å². The first kappa shape index (κ1) is 22.0. The Morgan fingerprint density at radius 2 is 1.61 bits per heavy atom. The molecule has 33 heavy (non-hydrogen) atoms. The fourth-order valence-corrected chi connectivity index (χ4v) is 3.27. The number of carbonyl (C=O) groups excluding carboxylic acids is 2. The smallest absolute Gasteiger partial charge is 0.375 e. The van der Waals surface area contributed by atoms with Gasteiger partial charge in [-0.2, -0.15) is 0 Å². The molecule has 0 saturated heterocycles. The quantitative estimate of drug-likeness (QED) is 0.382. The van der Waals surface area contributed by atoms with Crippen molar-refractivity contribution in [1.29, 1.82) is 0 Å². The molecule has 0 spiro atoms. The number of ether oxygens (including phenoxy) is 3. The third kappa shape index (κ3) is 5.51. The molecule has 1 N–H and O–H groups in total. The minimum atomic E-state index is -0.725. The Morgan fingerprint density at radius 1 is 0.879 bits per heavy atom. The van der Waals surface area contributed by atoms with Crippen molar-refractivity contribution >= 4 is 22.8 Å². The maximum absolute atomic E-state index is 12.7. The van der Waals surface area contributed by atoms with Crippen LogP contribution < -0.4 is 14.8 Å². The van der Waals surface area contributed by atoms with Crippen molar-refractivity contribution in [2.75, 3.05) is 13.7 Å².